The van der Waals surface area contributed by atoms with Crippen LogP contribution < -0.4 is 16.0 Å². The fourth-order valence-electron chi connectivity index (χ4n) is 3.00. The third kappa shape index (κ3) is 3.64. The smallest absolute Gasteiger partial charge is 0.270 e. The lowest BCUT2D eigenvalue weighted by molar-refractivity contribution is -0.384. The molecule has 0 atom stereocenters. The van der Waals surface area contributed by atoms with Gasteiger partial charge in [-0.2, -0.15) is 0 Å². The summed E-state index contributed by atoms with van der Waals surface area (Å²) in [7, 11) is 0. The number of anilines is 2. The van der Waals surface area contributed by atoms with E-state index in [2.05, 4.69) is 5.32 Å². The van der Waals surface area contributed by atoms with E-state index in [1.54, 1.807) is 24.3 Å². The van der Waals surface area contributed by atoms with Crippen molar-refractivity contribution in [1.29, 1.82) is 0 Å². The number of rotatable bonds is 5. The Morgan fingerprint density at radius 3 is 2.50 bits per heavy atom. The van der Waals surface area contributed by atoms with Crippen LogP contribution in [0.4, 0.5) is 17.1 Å². The van der Waals surface area contributed by atoms with Crippen LogP contribution in [0.25, 0.3) is 0 Å². The number of nitrogens with zero attached hydrogens (tertiary/aromatic N) is 2. The van der Waals surface area contributed by atoms with Crippen molar-refractivity contribution >= 4 is 28.9 Å². The van der Waals surface area contributed by atoms with Gasteiger partial charge in [0.25, 0.3) is 11.6 Å². The van der Waals surface area contributed by atoms with Gasteiger partial charge in [-0.15, -0.1) is 0 Å². The number of primary amides is 1. The van der Waals surface area contributed by atoms with Crippen molar-refractivity contribution in [1.82, 2.24) is 0 Å². The SMILES string of the molecule is NC(=O)c1cccc(NC(=O)c2cc([N+](=O)[O-])ccc2N2CCCC2)c1. The third-order valence-electron chi connectivity index (χ3n) is 4.29. The highest BCUT2D eigenvalue weighted by atomic mass is 16.6. The Morgan fingerprint density at radius 1 is 1.12 bits per heavy atom. The maximum atomic E-state index is 12.8. The van der Waals surface area contributed by atoms with Gasteiger partial charge in [-0.25, -0.2) is 0 Å². The Bertz CT molecular complexity index is 875. The molecular weight excluding hydrogens is 336 g/mol. The first kappa shape index (κ1) is 17.4. The zero-order valence-corrected chi connectivity index (χ0v) is 14.0. The summed E-state index contributed by atoms with van der Waals surface area (Å²) >= 11 is 0. The number of nitro benzene ring substituents is 1. The van der Waals surface area contributed by atoms with Crippen molar-refractivity contribution in [3.63, 3.8) is 0 Å². The Balaban J connectivity index is 1.94. The fourth-order valence-corrected chi connectivity index (χ4v) is 3.00. The molecular formula is C18H18N4O4. The highest BCUT2D eigenvalue weighted by molar-refractivity contribution is 6.09. The first-order valence-corrected chi connectivity index (χ1v) is 8.20. The molecule has 2 aromatic carbocycles. The van der Waals surface area contributed by atoms with Crippen LogP contribution in [0.1, 0.15) is 33.6 Å². The number of non-ortho nitro benzene ring substituents is 1. The Hall–Kier alpha value is -3.42. The molecule has 8 nitrogen and oxygen atoms in total. The van der Waals surface area contributed by atoms with Crippen LogP contribution in [0.15, 0.2) is 42.5 Å². The van der Waals surface area contributed by atoms with Crippen LogP contribution in [0, 0.1) is 10.1 Å². The topological polar surface area (TPSA) is 119 Å². The first-order chi connectivity index (χ1) is 12.5. The van der Waals surface area contributed by atoms with E-state index in [9.17, 15) is 19.7 Å². The van der Waals surface area contributed by atoms with Crippen LogP contribution in [0.3, 0.4) is 0 Å². The summed E-state index contributed by atoms with van der Waals surface area (Å²) in [6.07, 6.45) is 2.03. The van der Waals surface area contributed by atoms with Gasteiger partial charge < -0.3 is 16.0 Å². The summed E-state index contributed by atoms with van der Waals surface area (Å²) in [5.41, 5.74) is 6.65. The van der Waals surface area contributed by atoms with Crippen molar-refractivity contribution < 1.29 is 14.5 Å². The molecule has 1 aliphatic heterocycles. The zero-order chi connectivity index (χ0) is 18.7. The monoisotopic (exact) mass is 354 g/mol. The Labute approximate surface area is 149 Å². The zero-order valence-electron chi connectivity index (χ0n) is 14.0. The molecule has 3 N–H and O–H groups in total. The second-order valence-corrected chi connectivity index (χ2v) is 6.05. The van der Waals surface area contributed by atoms with Gasteiger partial charge in [-0.1, -0.05) is 6.07 Å². The van der Waals surface area contributed by atoms with E-state index < -0.39 is 16.7 Å². The lowest BCUT2D eigenvalue weighted by atomic mass is 10.1. The lowest BCUT2D eigenvalue weighted by Gasteiger charge is -2.21. The molecule has 0 unspecified atom stereocenters. The number of amides is 2. The minimum atomic E-state index is -0.603. The number of carbonyl (C=O) groups is 2. The van der Waals surface area contributed by atoms with E-state index in [0.717, 1.165) is 25.9 Å². The summed E-state index contributed by atoms with van der Waals surface area (Å²) in [5, 5.41) is 13.8. The first-order valence-electron chi connectivity index (χ1n) is 8.20. The molecule has 1 saturated heterocycles. The number of carbonyl (C=O) groups excluding carboxylic acids is 2. The predicted octanol–water partition coefficient (Wildman–Crippen LogP) is 2.55. The Kier molecular flexibility index (Phi) is 4.83. The van der Waals surface area contributed by atoms with Crippen molar-refractivity contribution in [2.75, 3.05) is 23.3 Å². The molecule has 26 heavy (non-hydrogen) atoms. The molecule has 1 fully saturated rings. The minimum absolute atomic E-state index is 0.149. The van der Waals surface area contributed by atoms with Crippen LogP contribution >= 0.6 is 0 Å². The highest BCUT2D eigenvalue weighted by Crippen LogP contribution is 2.29. The van der Waals surface area contributed by atoms with E-state index in [-0.39, 0.29) is 16.8 Å². The van der Waals surface area contributed by atoms with E-state index in [4.69, 9.17) is 5.73 Å². The number of benzene rings is 2. The summed E-state index contributed by atoms with van der Waals surface area (Å²) in [6, 6.07) is 10.5. The maximum Gasteiger partial charge on any atom is 0.270 e. The van der Waals surface area contributed by atoms with Crippen molar-refractivity contribution in [3.05, 3.63) is 63.7 Å². The van der Waals surface area contributed by atoms with Gasteiger partial charge in [0.2, 0.25) is 5.91 Å². The molecule has 1 heterocycles. The Morgan fingerprint density at radius 2 is 1.85 bits per heavy atom. The molecule has 1 aliphatic rings. The number of nitrogens with two attached hydrogens (primary N) is 1. The lowest BCUT2D eigenvalue weighted by Crippen LogP contribution is -2.23. The van der Waals surface area contributed by atoms with Gasteiger partial charge in [-0.05, 0) is 37.1 Å². The standard InChI is InChI=1S/C18H18N4O4/c19-17(23)12-4-3-5-13(10-12)20-18(24)15-11-14(22(25)26)6-7-16(15)21-8-1-2-9-21/h3-7,10-11H,1-2,8-9H2,(H2,19,23)(H,20,24). The molecule has 2 amide bonds. The average molecular weight is 354 g/mol. The normalized spacial score (nSPS) is 13.5. The number of nitrogens with one attached hydrogen (secondary N) is 1. The molecule has 0 spiro atoms. The van der Waals surface area contributed by atoms with Crippen LogP contribution in [-0.2, 0) is 0 Å². The van der Waals surface area contributed by atoms with Gasteiger partial charge in [0.15, 0.2) is 0 Å². The molecule has 134 valence electrons. The molecule has 0 saturated carbocycles. The molecule has 0 aliphatic carbocycles. The van der Waals surface area contributed by atoms with E-state index in [0.29, 0.717) is 11.4 Å². The van der Waals surface area contributed by atoms with Crippen LogP contribution in [-0.4, -0.2) is 29.8 Å². The van der Waals surface area contributed by atoms with Gasteiger partial charge in [0, 0.05) is 36.5 Å². The quantitative estimate of drug-likeness (QED) is 0.632. The van der Waals surface area contributed by atoms with E-state index >= 15 is 0 Å². The average Bonchev–Trinajstić information content (AvgIpc) is 3.15. The predicted molar refractivity (Wildman–Crippen MR) is 97.5 cm³/mol. The minimum Gasteiger partial charge on any atom is -0.371 e. The second kappa shape index (κ2) is 7.22. The van der Waals surface area contributed by atoms with E-state index in [1.165, 1.54) is 18.2 Å². The van der Waals surface area contributed by atoms with Crippen LogP contribution in [0.2, 0.25) is 0 Å². The van der Waals surface area contributed by atoms with Crippen molar-refractivity contribution in [3.8, 4) is 0 Å². The summed E-state index contributed by atoms with van der Waals surface area (Å²) < 4.78 is 0. The van der Waals surface area contributed by atoms with Crippen LogP contribution in [0.5, 0.6) is 0 Å². The molecule has 2 aromatic rings. The third-order valence-corrected chi connectivity index (χ3v) is 4.29. The number of nitro groups is 1. The van der Waals surface area contributed by atoms with E-state index in [1.807, 2.05) is 4.90 Å². The van der Waals surface area contributed by atoms with Gasteiger partial charge >= 0.3 is 0 Å². The summed E-state index contributed by atoms with van der Waals surface area (Å²) in [4.78, 5) is 36.7. The van der Waals surface area contributed by atoms with Gasteiger partial charge in [0.1, 0.15) is 0 Å². The molecule has 8 heteroatoms. The maximum absolute atomic E-state index is 12.8. The molecule has 0 radical (unpaired) electrons. The summed E-state index contributed by atoms with van der Waals surface area (Å²) in [6.45, 7) is 1.60. The molecule has 0 bridgehead atoms. The highest BCUT2D eigenvalue weighted by Gasteiger charge is 2.22. The van der Waals surface area contributed by atoms with Crippen molar-refractivity contribution in [2.45, 2.75) is 12.8 Å². The largest absolute Gasteiger partial charge is 0.371 e. The fraction of sp³-hybridized carbons (Fsp3) is 0.222. The second-order valence-electron chi connectivity index (χ2n) is 6.05. The summed E-state index contributed by atoms with van der Waals surface area (Å²) in [5.74, 6) is -1.08. The molecule has 3 rings (SSSR count). The number of hydrogen-bond acceptors (Lipinski definition) is 5. The molecule has 0 aromatic heterocycles. The number of hydrogen-bond donors (Lipinski definition) is 2. The van der Waals surface area contributed by atoms with Gasteiger partial charge in [-0.3, -0.25) is 19.7 Å². The van der Waals surface area contributed by atoms with Gasteiger partial charge in [0.05, 0.1) is 16.2 Å². The van der Waals surface area contributed by atoms with Crippen molar-refractivity contribution in [2.24, 2.45) is 5.73 Å².